The van der Waals surface area contributed by atoms with Crippen LogP contribution in [0.4, 0.5) is 26.3 Å². The molecule has 3 aromatic carbocycles. The van der Waals surface area contributed by atoms with Gasteiger partial charge in [-0.25, -0.2) is 0 Å². The Bertz CT molecular complexity index is 1150. The highest BCUT2D eigenvalue weighted by Crippen LogP contribution is 2.39. The Kier molecular flexibility index (Phi) is 4.84. The van der Waals surface area contributed by atoms with Gasteiger partial charge in [0, 0.05) is 29.7 Å². The van der Waals surface area contributed by atoms with Crippen molar-refractivity contribution in [3.05, 3.63) is 95.7 Å². The molecule has 0 fully saturated rings. The molecule has 0 amide bonds. The Morgan fingerprint density at radius 1 is 0.700 bits per heavy atom. The maximum Gasteiger partial charge on any atom is 0.416 e. The van der Waals surface area contributed by atoms with Gasteiger partial charge in [0.15, 0.2) is 0 Å². The van der Waals surface area contributed by atoms with E-state index in [0.29, 0.717) is 11.9 Å². The van der Waals surface area contributed by atoms with E-state index in [4.69, 9.17) is 0 Å². The van der Waals surface area contributed by atoms with Gasteiger partial charge in [0.2, 0.25) is 0 Å². The summed E-state index contributed by atoms with van der Waals surface area (Å²) in [5, 5.41) is 0.606. The molecule has 0 saturated heterocycles. The van der Waals surface area contributed by atoms with Gasteiger partial charge in [-0.1, -0.05) is 36.4 Å². The second kappa shape index (κ2) is 7.23. The van der Waals surface area contributed by atoms with Gasteiger partial charge in [0.1, 0.15) is 0 Å². The van der Waals surface area contributed by atoms with E-state index in [-0.39, 0.29) is 17.2 Å². The molecule has 1 aromatic heterocycles. The van der Waals surface area contributed by atoms with Crippen LogP contribution in [-0.4, -0.2) is 4.57 Å². The van der Waals surface area contributed by atoms with Gasteiger partial charge in [-0.15, -0.1) is 0 Å². The zero-order valence-corrected chi connectivity index (χ0v) is 15.4. The van der Waals surface area contributed by atoms with E-state index in [2.05, 4.69) is 6.07 Å². The fraction of sp³-hybridized carbons (Fsp3) is 0.130. The number of hydrogen-bond acceptors (Lipinski definition) is 0. The van der Waals surface area contributed by atoms with Crippen molar-refractivity contribution in [2.45, 2.75) is 18.9 Å². The van der Waals surface area contributed by atoms with Crippen molar-refractivity contribution in [1.82, 2.24) is 4.57 Å². The van der Waals surface area contributed by atoms with Gasteiger partial charge in [-0.3, -0.25) is 0 Å². The predicted octanol–water partition coefficient (Wildman–Crippen LogP) is 7.19. The fourth-order valence-electron chi connectivity index (χ4n) is 3.33. The second-order valence-electron chi connectivity index (χ2n) is 6.91. The summed E-state index contributed by atoms with van der Waals surface area (Å²) in [6.07, 6.45) is -8.05. The molecule has 0 bridgehead atoms. The molecule has 4 aromatic rings. The largest absolute Gasteiger partial charge is 0.416 e. The fourth-order valence-corrected chi connectivity index (χ4v) is 3.33. The first kappa shape index (κ1) is 20.1. The first-order valence-electron chi connectivity index (χ1n) is 8.95. The highest BCUT2D eigenvalue weighted by molar-refractivity contribution is 5.85. The molecule has 1 nitrogen and oxygen atoms in total. The van der Waals surface area contributed by atoms with Crippen molar-refractivity contribution >= 4 is 10.9 Å². The van der Waals surface area contributed by atoms with Gasteiger partial charge >= 0.3 is 12.4 Å². The molecule has 0 aliphatic rings. The summed E-state index contributed by atoms with van der Waals surface area (Å²) in [6.45, 7) is 0.571. The number of benzene rings is 3. The number of aromatic nitrogens is 1. The summed E-state index contributed by atoms with van der Waals surface area (Å²) in [5.74, 6) is 0. The summed E-state index contributed by atoms with van der Waals surface area (Å²) in [7, 11) is 0. The average Bonchev–Trinajstić information content (AvgIpc) is 3.09. The predicted molar refractivity (Wildman–Crippen MR) is 102 cm³/mol. The Balaban J connectivity index is 1.76. The average molecular weight is 418 g/mol. The van der Waals surface area contributed by atoms with E-state index in [9.17, 15) is 26.3 Å². The minimum Gasteiger partial charge on any atom is -0.342 e. The third kappa shape index (κ3) is 4.06. The molecule has 0 aliphatic heterocycles. The standard InChI is InChI=1S/C23H14F6N/c24-22(25,26)19-11-18(12-20(13-19)23(27,28)29)16-6-7-21-17(10-16)8-9-30(21)14-15-4-2-1-3-5-15/h1-7,9-13H,14H2. The minimum atomic E-state index is -4.88. The van der Waals surface area contributed by atoms with Crippen molar-refractivity contribution in [1.29, 1.82) is 0 Å². The van der Waals surface area contributed by atoms with Gasteiger partial charge in [0.25, 0.3) is 0 Å². The monoisotopic (exact) mass is 418 g/mol. The highest BCUT2D eigenvalue weighted by Gasteiger charge is 2.37. The van der Waals surface area contributed by atoms with Crippen molar-refractivity contribution in [3.63, 3.8) is 0 Å². The van der Waals surface area contributed by atoms with Crippen LogP contribution in [0, 0.1) is 6.07 Å². The van der Waals surface area contributed by atoms with Gasteiger partial charge in [0.05, 0.1) is 11.1 Å². The van der Waals surface area contributed by atoms with Crippen molar-refractivity contribution < 1.29 is 26.3 Å². The number of alkyl halides is 6. The lowest BCUT2D eigenvalue weighted by Gasteiger charge is -2.14. The lowest BCUT2D eigenvalue weighted by molar-refractivity contribution is -0.143. The lowest BCUT2D eigenvalue weighted by atomic mass is 9.98. The molecular formula is C23H14F6N. The van der Waals surface area contributed by atoms with Crippen LogP contribution < -0.4 is 0 Å². The quantitative estimate of drug-likeness (QED) is 0.310. The summed E-state index contributed by atoms with van der Waals surface area (Å²) < 4.78 is 80.7. The van der Waals surface area contributed by atoms with Crippen LogP contribution in [0.1, 0.15) is 16.7 Å². The molecular weight excluding hydrogens is 404 g/mol. The Labute approximate surface area is 168 Å². The number of fused-ring (bicyclic) bond motifs is 1. The molecule has 0 unspecified atom stereocenters. The zero-order chi connectivity index (χ0) is 21.5. The molecule has 7 heteroatoms. The lowest BCUT2D eigenvalue weighted by Crippen LogP contribution is -2.11. The third-order valence-electron chi connectivity index (χ3n) is 4.80. The summed E-state index contributed by atoms with van der Waals surface area (Å²) in [4.78, 5) is 0. The SMILES string of the molecule is FC(F)(F)c1cc(-c2ccc3c([c]cn3Cc3ccccc3)c2)cc(C(F)(F)F)c1. The van der Waals surface area contributed by atoms with Crippen LogP contribution in [0.15, 0.2) is 72.9 Å². The van der Waals surface area contributed by atoms with E-state index in [1.807, 2.05) is 34.9 Å². The summed E-state index contributed by atoms with van der Waals surface area (Å²) in [6, 6.07) is 19.0. The Hall–Kier alpha value is -3.22. The second-order valence-corrected chi connectivity index (χ2v) is 6.91. The Morgan fingerprint density at radius 3 is 1.93 bits per heavy atom. The normalized spacial score (nSPS) is 12.5. The molecule has 1 heterocycles. The van der Waals surface area contributed by atoms with Gasteiger partial charge in [-0.2, -0.15) is 26.3 Å². The number of hydrogen-bond donors (Lipinski definition) is 0. The van der Waals surface area contributed by atoms with E-state index >= 15 is 0 Å². The smallest absolute Gasteiger partial charge is 0.342 e. The van der Waals surface area contributed by atoms with Crippen LogP contribution in [0.5, 0.6) is 0 Å². The molecule has 30 heavy (non-hydrogen) atoms. The number of nitrogens with zero attached hydrogens (tertiary/aromatic N) is 1. The molecule has 4 rings (SSSR count). The highest BCUT2D eigenvalue weighted by atomic mass is 19.4. The van der Waals surface area contributed by atoms with Crippen LogP contribution in [0.25, 0.3) is 22.0 Å². The molecule has 1 radical (unpaired) electrons. The van der Waals surface area contributed by atoms with E-state index in [0.717, 1.165) is 23.2 Å². The molecule has 0 spiro atoms. The van der Waals surface area contributed by atoms with E-state index in [1.165, 1.54) is 6.07 Å². The van der Waals surface area contributed by atoms with Gasteiger partial charge in [-0.05, 0) is 47.0 Å². The molecule has 0 saturated carbocycles. The maximum absolute atomic E-state index is 13.1. The summed E-state index contributed by atoms with van der Waals surface area (Å²) in [5.41, 5.74) is -0.724. The maximum atomic E-state index is 13.1. The molecule has 0 aliphatic carbocycles. The minimum absolute atomic E-state index is 0.129. The third-order valence-corrected chi connectivity index (χ3v) is 4.80. The molecule has 153 valence electrons. The van der Waals surface area contributed by atoms with Crippen LogP contribution in [0.3, 0.4) is 0 Å². The van der Waals surface area contributed by atoms with Crippen LogP contribution in [0.2, 0.25) is 0 Å². The van der Waals surface area contributed by atoms with Crippen molar-refractivity contribution in [2.24, 2.45) is 0 Å². The molecule has 0 atom stereocenters. The van der Waals surface area contributed by atoms with E-state index in [1.54, 1.807) is 18.3 Å². The summed E-state index contributed by atoms with van der Waals surface area (Å²) >= 11 is 0. The first-order valence-corrected chi connectivity index (χ1v) is 8.95. The van der Waals surface area contributed by atoms with E-state index < -0.39 is 23.5 Å². The zero-order valence-electron chi connectivity index (χ0n) is 15.4. The van der Waals surface area contributed by atoms with Crippen molar-refractivity contribution in [3.8, 4) is 11.1 Å². The van der Waals surface area contributed by atoms with Gasteiger partial charge < -0.3 is 4.57 Å². The topological polar surface area (TPSA) is 4.93 Å². The van der Waals surface area contributed by atoms with Crippen LogP contribution in [-0.2, 0) is 18.9 Å². The number of rotatable bonds is 3. The Morgan fingerprint density at radius 2 is 1.33 bits per heavy atom. The first-order chi connectivity index (χ1) is 14.1. The van der Waals surface area contributed by atoms with Crippen molar-refractivity contribution in [2.75, 3.05) is 0 Å². The molecule has 0 N–H and O–H groups in total. The van der Waals surface area contributed by atoms with Crippen LogP contribution >= 0.6 is 0 Å². The number of halogens is 6.